The maximum absolute atomic E-state index is 11.9. The smallest absolute Gasteiger partial charge is 0.243 e. The van der Waals surface area contributed by atoms with E-state index in [9.17, 15) is 4.79 Å². The molecule has 0 bridgehead atoms. The highest BCUT2D eigenvalue weighted by Gasteiger charge is 2.40. The predicted octanol–water partition coefficient (Wildman–Crippen LogP) is 2.84. The Bertz CT molecular complexity index is 444. The Kier molecular flexibility index (Phi) is 3.60. The molecule has 98 valence electrons. The summed E-state index contributed by atoms with van der Waals surface area (Å²) in [5.74, 6) is 0.319. The second-order valence-corrected chi connectivity index (χ2v) is 5.64. The van der Waals surface area contributed by atoms with E-state index in [0.717, 1.165) is 24.9 Å². The quantitative estimate of drug-likeness (QED) is 0.861. The van der Waals surface area contributed by atoms with Gasteiger partial charge in [-0.3, -0.25) is 4.79 Å². The average molecular weight is 246 g/mol. The lowest BCUT2D eigenvalue weighted by Crippen LogP contribution is -2.53. The van der Waals surface area contributed by atoms with E-state index in [4.69, 9.17) is 5.73 Å². The molecule has 1 fully saturated rings. The van der Waals surface area contributed by atoms with Crippen LogP contribution in [-0.4, -0.2) is 11.4 Å². The summed E-state index contributed by atoms with van der Waals surface area (Å²) < 4.78 is 0. The number of nitrogens with one attached hydrogen (secondary N) is 1. The monoisotopic (exact) mass is 246 g/mol. The van der Waals surface area contributed by atoms with Crippen molar-refractivity contribution in [2.75, 3.05) is 5.32 Å². The predicted molar refractivity (Wildman–Crippen MR) is 74.4 cm³/mol. The number of hydrogen-bond donors (Lipinski definition) is 2. The lowest BCUT2D eigenvalue weighted by molar-refractivity contribution is -0.123. The molecule has 0 saturated heterocycles. The minimum absolute atomic E-state index is 0.226. The van der Waals surface area contributed by atoms with Crippen LogP contribution in [-0.2, 0) is 4.79 Å². The number of nitrogens with two attached hydrogens (primary N) is 1. The number of carbonyl (C=O) groups excluding carboxylic acids is 1. The van der Waals surface area contributed by atoms with Crippen LogP contribution in [0.15, 0.2) is 24.3 Å². The van der Waals surface area contributed by atoms with Crippen LogP contribution in [0.2, 0.25) is 0 Å². The normalized spacial score (nSPS) is 27.8. The van der Waals surface area contributed by atoms with Crippen molar-refractivity contribution in [1.29, 1.82) is 0 Å². The molecule has 0 aromatic heterocycles. The maximum Gasteiger partial charge on any atom is 0.243 e. The average Bonchev–Trinajstić information content (AvgIpc) is 2.28. The van der Waals surface area contributed by atoms with Gasteiger partial charge in [-0.15, -0.1) is 0 Å². The van der Waals surface area contributed by atoms with Crippen LogP contribution in [0.3, 0.4) is 0 Å². The summed E-state index contributed by atoms with van der Waals surface area (Å²) in [4.78, 5) is 11.9. The highest BCUT2D eigenvalue weighted by Crippen LogP contribution is 2.35. The number of anilines is 1. The van der Waals surface area contributed by atoms with E-state index >= 15 is 0 Å². The molecule has 1 aromatic rings. The second kappa shape index (κ2) is 5.01. The summed E-state index contributed by atoms with van der Waals surface area (Å²) in [5, 5.41) is 3.39. The van der Waals surface area contributed by atoms with E-state index in [1.165, 1.54) is 12.0 Å². The molecule has 0 radical (unpaired) electrons. The van der Waals surface area contributed by atoms with Crippen LogP contribution in [0.5, 0.6) is 0 Å². The Morgan fingerprint density at radius 2 is 2.28 bits per heavy atom. The van der Waals surface area contributed by atoms with Crippen molar-refractivity contribution >= 4 is 11.6 Å². The number of amides is 1. The zero-order chi connectivity index (χ0) is 13.2. The van der Waals surface area contributed by atoms with Gasteiger partial charge < -0.3 is 11.1 Å². The number of primary amides is 1. The van der Waals surface area contributed by atoms with Crippen LogP contribution >= 0.6 is 0 Å². The van der Waals surface area contributed by atoms with Crippen molar-refractivity contribution in [2.45, 2.75) is 45.1 Å². The molecule has 1 saturated carbocycles. The van der Waals surface area contributed by atoms with E-state index in [0.29, 0.717) is 5.92 Å². The zero-order valence-corrected chi connectivity index (χ0v) is 11.2. The van der Waals surface area contributed by atoms with Crippen molar-refractivity contribution < 1.29 is 4.79 Å². The summed E-state index contributed by atoms with van der Waals surface area (Å²) in [6.45, 7) is 4.24. The largest absolute Gasteiger partial charge is 0.371 e. The number of benzene rings is 1. The van der Waals surface area contributed by atoms with Gasteiger partial charge in [-0.2, -0.15) is 0 Å². The van der Waals surface area contributed by atoms with Crippen LogP contribution in [0.4, 0.5) is 5.69 Å². The zero-order valence-electron chi connectivity index (χ0n) is 11.2. The Labute approximate surface area is 109 Å². The number of aryl methyl sites for hydroxylation is 1. The summed E-state index contributed by atoms with van der Waals surface area (Å²) in [5.41, 5.74) is 7.26. The molecule has 1 amide bonds. The fourth-order valence-electron chi connectivity index (χ4n) is 2.95. The molecule has 3 nitrogen and oxygen atoms in total. The van der Waals surface area contributed by atoms with Gasteiger partial charge in [-0.25, -0.2) is 0 Å². The van der Waals surface area contributed by atoms with Crippen molar-refractivity contribution in [3.05, 3.63) is 29.8 Å². The topological polar surface area (TPSA) is 55.1 Å². The summed E-state index contributed by atoms with van der Waals surface area (Å²) in [6, 6.07) is 8.10. The highest BCUT2D eigenvalue weighted by molar-refractivity contribution is 5.88. The molecule has 2 atom stereocenters. The third kappa shape index (κ3) is 2.66. The first-order chi connectivity index (χ1) is 8.52. The van der Waals surface area contributed by atoms with Crippen molar-refractivity contribution in [1.82, 2.24) is 0 Å². The second-order valence-electron chi connectivity index (χ2n) is 5.64. The molecule has 2 rings (SSSR count). The van der Waals surface area contributed by atoms with Gasteiger partial charge in [-0.1, -0.05) is 31.9 Å². The molecule has 3 N–H and O–H groups in total. The number of rotatable bonds is 3. The molecule has 0 spiro atoms. The molecule has 0 aliphatic heterocycles. The molecule has 18 heavy (non-hydrogen) atoms. The number of carbonyl (C=O) groups is 1. The third-order valence-electron chi connectivity index (χ3n) is 3.87. The fraction of sp³-hybridized carbons (Fsp3) is 0.533. The summed E-state index contributed by atoms with van der Waals surface area (Å²) in [7, 11) is 0. The van der Waals surface area contributed by atoms with Crippen LogP contribution in [0, 0.1) is 12.8 Å². The summed E-state index contributed by atoms with van der Waals surface area (Å²) in [6.07, 6.45) is 3.91. The van der Waals surface area contributed by atoms with Crippen LogP contribution < -0.4 is 11.1 Å². The molecule has 1 aliphatic rings. The Hall–Kier alpha value is -1.51. The van der Waals surface area contributed by atoms with Crippen molar-refractivity contribution in [3.8, 4) is 0 Å². The van der Waals surface area contributed by atoms with Gasteiger partial charge in [0.05, 0.1) is 0 Å². The van der Waals surface area contributed by atoms with Gasteiger partial charge in [0.1, 0.15) is 5.54 Å². The third-order valence-corrected chi connectivity index (χ3v) is 3.87. The summed E-state index contributed by atoms with van der Waals surface area (Å²) >= 11 is 0. The van der Waals surface area contributed by atoms with Gasteiger partial charge in [0.2, 0.25) is 5.91 Å². The lowest BCUT2D eigenvalue weighted by Gasteiger charge is -2.39. The lowest BCUT2D eigenvalue weighted by atomic mass is 9.75. The van der Waals surface area contributed by atoms with E-state index in [1.807, 2.05) is 25.1 Å². The standard InChI is InChI=1S/C15H22N2O/c1-11-5-3-7-13(9-11)17-15(14(16)18)8-4-6-12(2)10-15/h3,5,7,9,12,17H,4,6,8,10H2,1-2H3,(H2,16,18). The first kappa shape index (κ1) is 12.9. The first-order valence-electron chi connectivity index (χ1n) is 6.67. The van der Waals surface area contributed by atoms with Gasteiger partial charge >= 0.3 is 0 Å². The van der Waals surface area contributed by atoms with E-state index in [1.54, 1.807) is 0 Å². The van der Waals surface area contributed by atoms with Crippen LogP contribution in [0.1, 0.15) is 38.2 Å². The Balaban J connectivity index is 2.23. The van der Waals surface area contributed by atoms with E-state index < -0.39 is 5.54 Å². The Morgan fingerprint density at radius 1 is 1.50 bits per heavy atom. The van der Waals surface area contributed by atoms with Gasteiger partial charge in [0.25, 0.3) is 0 Å². The maximum atomic E-state index is 11.9. The van der Waals surface area contributed by atoms with Crippen molar-refractivity contribution in [3.63, 3.8) is 0 Å². The molecule has 0 heterocycles. The van der Waals surface area contributed by atoms with Gasteiger partial charge in [0.15, 0.2) is 0 Å². The first-order valence-corrected chi connectivity index (χ1v) is 6.67. The molecular weight excluding hydrogens is 224 g/mol. The molecular formula is C15H22N2O. The minimum atomic E-state index is -0.564. The molecule has 2 unspecified atom stereocenters. The molecule has 1 aliphatic carbocycles. The highest BCUT2D eigenvalue weighted by atomic mass is 16.1. The molecule has 3 heteroatoms. The Morgan fingerprint density at radius 3 is 2.89 bits per heavy atom. The SMILES string of the molecule is Cc1cccc(NC2(C(N)=O)CCCC(C)C2)c1. The van der Waals surface area contributed by atoms with E-state index in [-0.39, 0.29) is 5.91 Å². The van der Waals surface area contributed by atoms with E-state index in [2.05, 4.69) is 18.3 Å². The number of hydrogen-bond acceptors (Lipinski definition) is 2. The fourth-order valence-corrected chi connectivity index (χ4v) is 2.95. The van der Waals surface area contributed by atoms with Gasteiger partial charge in [-0.05, 0) is 43.4 Å². The van der Waals surface area contributed by atoms with Crippen LogP contribution in [0.25, 0.3) is 0 Å². The van der Waals surface area contributed by atoms with Crippen molar-refractivity contribution in [2.24, 2.45) is 11.7 Å². The molecule has 1 aromatic carbocycles. The minimum Gasteiger partial charge on any atom is -0.371 e. The van der Waals surface area contributed by atoms with Gasteiger partial charge in [0, 0.05) is 5.69 Å².